The fourth-order valence-corrected chi connectivity index (χ4v) is 1.35. The lowest BCUT2D eigenvalue weighted by molar-refractivity contribution is -0.132. The van der Waals surface area contributed by atoms with Crippen LogP contribution in [0, 0.1) is 0 Å². The van der Waals surface area contributed by atoms with Crippen molar-refractivity contribution in [2.75, 3.05) is 7.11 Å². The van der Waals surface area contributed by atoms with E-state index in [4.69, 9.17) is 9.47 Å². The van der Waals surface area contributed by atoms with Gasteiger partial charge in [0.1, 0.15) is 0 Å². The van der Waals surface area contributed by atoms with Crippen LogP contribution in [0.2, 0.25) is 0 Å². The number of methoxy groups -OCH3 is 1. The number of rotatable bonds is 6. The molecule has 0 fully saturated rings. The van der Waals surface area contributed by atoms with Crippen LogP contribution in [0.3, 0.4) is 0 Å². The number of hydrogen-bond acceptors (Lipinski definition) is 4. The number of carbonyl (C=O) groups is 1. The molecule has 1 N–H and O–H groups in total. The molecular weight excluding hydrogens is 244 g/mol. The molecule has 4 heteroatoms. The monoisotopic (exact) mass is 262 g/mol. The van der Waals surface area contributed by atoms with Crippen molar-refractivity contribution in [2.24, 2.45) is 0 Å². The van der Waals surface area contributed by atoms with E-state index in [1.807, 2.05) is 6.92 Å². The highest BCUT2D eigenvalue weighted by molar-refractivity contribution is 5.87. The third-order valence-electron chi connectivity index (χ3n) is 2.35. The highest BCUT2D eigenvalue weighted by atomic mass is 16.5. The Balaban J connectivity index is 2.58. The first kappa shape index (κ1) is 14.8. The van der Waals surface area contributed by atoms with Crippen molar-refractivity contribution in [3.8, 4) is 11.5 Å². The largest absolute Gasteiger partial charge is 0.504 e. The number of benzene rings is 1. The summed E-state index contributed by atoms with van der Waals surface area (Å²) in [4.78, 5) is 11.4. The van der Waals surface area contributed by atoms with Crippen molar-refractivity contribution in [3.05, 3.63) is 42.2 Å². The highest BCUT2D eigenvalue weighted by Crippen LogP contribution is 2.26. The summed E-state index contributed by atoms with van der Waals surface area (Å²) >= 11 is 0. The number of carbonyl (C=O) groups excluding carboxylic acids is 1. The molecule has 0 saturated carbocycles. The normalized spacial score (nSPS) is 11.1. The third kappa shape index (κ3) is 5.29. The maximum Gasteiger partial charge on any atom is 0.335 e. The number of ether oxygens (including phenoxy) is 2. The number of phenols is 1. The summed E-state index contributed by atoms with van der Waals surface area (Å²) in [6, 6.07) is 4.81. The van der Waals surface area contributed by atoms with Crippen molar-refractivity contribution < 1.29 is 19.4 Å². The van der Waals surface area contributed by atoms with Crippen LogP contribution in [0.5, 0.6) is 11.5 Å². The molecule has 0 amide bonds. The summed E-state index contributed by atoms with van der Waals surface area (Å²) in [6.07, 6.45) is 8.01. The van der Waals surface area contributed by atoms with Crippen molar-refractivity contribution >= 4 is 12.0 Å². The second-order valence-corrected chi connectivity index (χ2v) is 3.86. The Bertz CT molecular complexity index is 475. The van der Waals surface area contributed by atoms with Crippen LogP contribution in [0.4, 0.5) is 0 Å². The molecule has 1 aromatic rings. The maximum atomic E-state index is 11.4. The van der Waals surface area contributed by atoms with E-state index < -0.39 is 5.97 Å². The second kappa shape index (κ2) is 7.97. The fourth-order valence-electron chi connectivity index (χ4n) is 1.35. The van der Waals surface area contributed by atoms with Crippen molar-refractivity contribution in [1.29, 1.82) is 0 Å². The highest BCUT2D eigenvalue weighted by Gasteiger charge is 2.01. The quantitative estimate of drug-likeness (QED) is 0.485. The molecule has 0 aromatic heterocycles. The van der Waals surface area contributed by atoms with E-state index in [9.17, 15) is 9.90 Å². The van der Waals surface area contributed by atoms with Gasteiger partial charge >= 0.3 is 5.97 Å². The molecule has 0 aliphatic heterocycles. The summed E-state index contributed by atoms with van der Waals surface area (Å²) in [6.45, 7) is 2.05. The van der Waals surface area contributed by atoms with Gasteiger partial charge in [-0.25, -0.2) is 4.79 Å². The van der Waals surface area contributed by atoms with E-state index >= 15 is 0 Å². The van der Waals surface area contributed by atoms with Crippen LogP contribution >= 0.6 is 0 Å². The average Bonchev–Trinajstić information content (AvgIpc) is 2.42. The van der Waals surface area contributed by atoms with Crippen LogP contribution in [0.1, 0.15) is 25.3 Å². The van der Waals surface area contributed by atoms with Gasteiger partial charge in [0, 0.05) is 6.08 Å². The summed E-state index contributed by atoms with van der Waals surface area (Å²) in [5.74, 6) is -0.0255. The Morgan fingerprint density at radius 2 is 2.21 bits per heavy atom. The summed E-state index contributed by atoms with van der Waals surface area (Å²) in [5.41, 5.74) is 0.740. The van der Waals surface area contributed by atoms with Gasteiger partial charge in [0.2, 0.25) is 0 Å². The summed E-state index contributed by atoms with van der Waals surface area (Å²) < 4.78 is 9.83. The predicted octanol–water partition coefficient (Wildman–Crippen LogP) is 3.27. The van der Waals surface area contributed by atoms with Gasteiger partial charge in [-0.2, -0.15) is 0 Å². The van der Waals surface area contributed by atoms with Gasteiger partial charge in [0.15, 0.2) is 11.5 Å². The van der Waals surface area contributed by atoms with E-state index in [0.29, 0.717) is 5.75 Å². The van der Waals surface area contributed by atoms with Gasteiger partial charge in [-0.05, 0) is 36.3 Å². The number of phenolic OH excluding ortho intramolecular Hbond substituents is 1. The van der Waals surface area contributed by atoms with Crippen LogP contribution < -0.4 is 4.74 Å². The Morgan fingerprint density at radius 1 is 1.42 bits per heavy atom. The average molecular weight is 262 g/mol. The molecule has 0 unspecified atom stereocenters. The number of hydrogen-bond donors (Lipinski definition) is 1. The molecule has 0 spiro atoms. The molecule has 1 rings (SSSR count). The Morgan fingerprint density at radius 3 is 2.89 bits per heavy atom. The molecule has 0 radical (unpaired) electrons. The van der Waals surface area contributed by atoms with E-state index in [1.54, 1.807) is 24.3 Å². The zero-order chi connectivity index (χ0) is 14.1. The van der Waals surface area contributed by atoms with E-state index in [1.165, 1.54) is 25.5 Å². The number of aromatic hydroxyl groups is 1. The molecule has 0 aliphatic carbocycles. The molecule has 19 heavy (non-hydrogen) atoms. The Kier molecular flexibility index (Phi) is 6.22. The standard InChI is InChI=1S/C15H18O4/c1-3-4-5-10-19-15(17)9-7-12-6-8-13(16)14(11-12)18-2/h5-11,16H,3-4H2,1-2H3. The van der Waals surface area contributed by atoms with Crippen LogP contribution in [0.15, 0.2) is 36.6 Å². The topological polar surface area (TPSA) is 55.8 Å². The van der Waals surface area contributed by atoms with Gasteiger partial charge in [-0.15, -0.1) is 0 Å². The fraction of sp³-hybridized carbons (Fsp3) is 0.267. The summed E-state index contributed by atoms with van der Waals surface area (Å²) in [7, 11) is 1.47. The van der Waals surface area contributed by atoms with Gasteiger partial charge in [0.05, 0.1) is 13.4 Å². The lowest BCUT2D eigenvalue weighted by atomic mass is 10.2. The van der Waals surface area contributed by atoms with Gasteiger partial charge in [-0.3, -0.25) is 0 Å². The molecular formula is C15H18O4. The van der Waals surface area contributed by atoms with Crippen LogP contribution in [-0.4, -0.2) is 18.2 Å². The summed E-state index contributed by atoms with van der Waals surface area (Å²) in [5, 5.41) is 9.43. The zero-order valence-corrected chi connectivity index (χ0v) is 11.1. The molecule has 102 valence electrons. The number of unbranched alkanes of at least 4 members (excludes halogenated alkanes) is 1. The molecule has 0 heterocycles. The van der Waals surface area contributed by atoms with E-state index in [-0.39, 0.29) is 5.75 Å². The first-order valence-electron chi connectivity index (χ1n) is 6.08. The second-order valence-electron chi connectivity index (χ2n) is 3.86. The zero-order valence-electron chi connectivity index (χ0n) is 11.1. The van der Waals surface area contributed by atoms with Crippen LogP contribution in [-0.2, 0) is 9.53 Å². The Labute approximate surface area is 113 Å². The van der Waals surface area contributed by atoms with Crippen molar-refractivity contribution in [3.63, 3.8) is 0 Å². The minimum absolute atomic E-state index is 0.0599. The molecule has 0 saturated heterocycles. The SMILES string of the molecule is CCCC=COC(=O)C=Cc1ccc(O)c(OC)c1. The first-order chi connectivity index (χ1) is 9.17. The van der Waals surface area contributed by atoms with E-state index in [0.717, 1.165) is 18.4 Å². The van der Waals surface area contributed by atoms with Gasteiger partial charge < -0.3 is 14.6 Å². The van der Waals surface area contributed by atoms with Crippen LogP contribution in [0.25, 0.3) is 6.08 Å². The smallest absolute Gasteiger partial charge is 0.335 e. The molecule has 0 aliphatic rings. The maximum absolute atomic E-state index is 11.4. The van der Waals surface area contributed by atoms with Gasteiger partial charge in [0.25, 0.3) is 0 Å². The van der Waals surface area contributed by atoms with Crippen molar-refractivity contribution in [2.45, 2.75) is 19.8 Å². The molecule has 0 bridgehead atoms. The van der Waals surface area contributed by atoms with Crippen molar-refractivity contribution in [1.82, 2.24) is 0 Å². The molecule has 0 atom stereocenters. The molecule has 4 nitrogen and oxygen atoms in total. The number of allylic oxidation sites excluding steroid dienone is 1. The molecule has 1 aromatic carbocycles. The Hall–Kier alpha value is -2.23. The van der Waals surface area contributed by atoms with Gasteiger partial charge in [-0.1, -0.05) is 19.4 Å². The lowest BCUT2D eigenvalue weighted by Crippen LogP contribution is -1.93. The number of esters is 1. The minimum Gasteiger partial charge on any atom is -0.504 e. The third-order valence-corrected chi connectivity index (χ3v) is 2.35. The predicted molar refractivity (Wildman–Crippen MR) is 73.8 cm³/mol. The van der Waals surface area contributed by atoms with E-state index in [2.05, 4.69) is 0 Å². The lowest BCUT2D eigenvalue weighted by Gasteiger charge is -2.03. The minimum atomic E-state index is -0.445. The first-order valence-corrected chi connectivity index (χ1v) is 6.08.